The molecule has 3 aliphatic rings. The van der Waals surface area contributed by atoms with Crippen LogP contribution >= 0.6 is 12.4 Å². The molecule has 8 atom stereocenters. The largest absolute Gasteiger partial charge is 0.455 e. The predicted molar refractivity (Wildman–Crippen MR) is 164 cm³/mol. The maximum absolute atomic E-state index is 14.1. The molecule has 0 aromatic heterocycles. The molecule has 12 heteroatoms. The molecule has 2 N–H and O–H groups in total. The lowest BCUT2D eigenvalue weighted by Crippen LogP contribution is -2.87. The molecule has 2 saturated carbocycles. The van der Waals surface area contributed by atoms with Crippen molar-refractivity contribution in [2.45, 2.75) is 136 Å². The van der Waals surface area contributed by atoms with Gasteiger partial charge in [0.15, 0.2) is 24.1 Å². The Morgan fingerprint density at radius 3 is 2.14 bits per heavy atom. The molecular formula is C32H52ClNO10. The van der Waals surface area contributed by atoms with Gasteiger partial charge in [-0.2, -0.15) is 0 Å². The van der Waals surface area contributed by atoms with Crippen molar-refractivity contribution >= 4 is 36.1 Å². The van der Waals surface area contributed by atoms with Gasteiger partial charge in [-0.3, -0.25) is 19.3 Å². The van der Waals surface area contributed by atoms with E-state index in [0.717, 1.165) is 0 Å². The van der Waals surface area contributed by atoms with Crippen molar-refractivity contribution in [1.82, 2.24) is 4.90 Å². The first-order valence-electron chi connectivity index (χ1n) is 15.2. The predicted octanol–water partition coefficient (Wildman–Crippen LogP) is 3.15. The van der Waals surface area contributed by atoms with Crippen molar-refractivity contribution in [1.29, 1.82) is 0 Å². The molecule has 0 aromatic rings. The molecule has 11 nitrogen and oxygen atoms in total. The number of hydrogen-bond donors (Lipinski definition) is 2. The fourth-order valence-corrected chi connectivity index (χ4v) is 8.22. The Kier molecular flexibility index (Phi) is 11.3. The fraction of sp³-hybridized carbons (Fsp3) is 0.812. The molecule has 3 fully saturated rings. The summed E-state index contributed by atoms with van der Waals surface area (Å²) in [6.45, 7) is 20.5. The topological polar surface area (TPSA) is 149 Å². The molecule has 0 radical (unpaired) electrons. The van der Waals surface area contributed by atoms with E-state index in [1.807, 2.05) is 46.4 Å². The van der Waals surface area contributed by atoms with E-state index in [-0.39, 0.29) is 43.9 Å². The normalized spacial score (nSPS) is 37.8. The minimum Gasteiger partial charge on any atom is -0.455 e. The summed E-state index contributed by atoms with van der Waals surface area (Å²) in [5.41, 5.74) is -7.85. The summed E-state index contributed by atoms with van der Waals surface area (Å²) in [6, 6.07) is 0.144. The summed E-state index contributed by atoms with van der Waals surface area (Å²) in [6.07, 6.45) is -1.98. The van der Waals surface area contributed by atoms with E-state index in [2.05, 4.69) is 6.58 Å². The maximum atomic E-state index is 14.1. The fourth-order valence-electron chi connectivity index (χ4n) is 8.22. The Balaban J connectivity index is 0.00000675. The van der Waals surface area contributed by atoms with Gasteiger partial charge in [0.25, 0.3) is 0 Å². The molecular weight excluding hydrogens is 594 g/mol. The van der Waals surface area contributed by atoms with Crippen LogP contribution in [0.15, 0.2) is 12.7 Å². The summed E-state index contributed by atoms with van der Waals surface area (Å²) in [4.78, 5) is 54.5. The number of esters is 3. The van der Waals surface area contributed by atoms with Gasteiger partial charge in [-0.05, 0) is 59.8 Å². The van der Waals surface area contributed by atoms with Gasteiger partial charge in [-0.25, -0.2) is 4.79 Å². The zero-order valence-electron chi connectivity index (χ0n) is 27.8. The Morgan fingerprint density at radius 1 is 1.07 bits per heavy atom. The first-order valence-corrected chi connectivity index (χ1v) is 15.2. The molecule has 0 amide bonds. The van der Waals surface area contributed by atoms with Crippen LogP contribution < -0.4 is 0 Å². The van der Waals surface area contributed by atoms with Crippen molar-refractivity contribution < 1.29 is 48.3 Å². The zero-order chi connectivity index (χ0) is 32.9. The summed E-state index contributed by atoms with van der Waals surface area (Å²) < 4.78 is 23.6. The molecule has 252 valence electrons. The highest BCUT2D eigenvalue weighted by molar-refractivity contribution is 5.92. The number of nitrogens with zero attached hydrogens (tertiary/aromatic N) is 1. The third kappa shape index (κ3) is 6.19. The first kappa shape index (κ1) is 38.1. The number of aliphatic hydroxyl groups is 2. The Morgan fingerprint density at radius 2 is 1.64 bits per heavy atom. The molecule has 1 aliphatic heterocycles. The van der Waals surface area contributed by atoms with Gasteiger partial charge >= 0.3 is 17.9 Å². The number of hydrogen-bond acceptors (Lipinski definition) is 11. The lowest BCUT2D eigenvalue weighted by molar-refractivity contribution is -0.371. The number of carbonyl (C=O) groups is 4. The smallest absolute Gasteiger partial charge is 0.344 e. The Bertz CT molecular complexity index is 1130. The number of ketones is 1. The second-order valence-electron chi connectivity index (χ2n) is 14.3. The van der Waals surface area contributed by atoms with E-state index in [9.17, 15) is 29.4 Å². The van der Waals surface area contributed by atoms with Crippen molar-refractivity contribution in [2.24, 2.45) is 16.7 Å². The van der Waals surface area contributed by atoms with Crippen molar-refractivity contribution in [2.75, 3.05) is 13.2 Å². The van der Waals surface area contributed by atoms with E-state index < -0.39 is 82.2 Å². The first-order chi connectivity index (χ1) is 19.6. The maximum Gasteiger partial charge on any atom is 0.344 e. The van der Waals surface area contributed by atoms with Gasteiger partial charge in [0.05, 0.1) is 18.2 Å². The third-order valence-corrected chi connectivity index (χ3v) is 10.3. The van der Waals surface area contributed by atoms with Crippen LogP contribution in [0.2, 0.25) is 0 Å². The molecule has 1 heterocycles. The number of carbonyl (C=O) groups excluding carboxylic acids is 4. The molecule has 3 rings (SSSR count). The van der Waals surface area contributed by atoms with Crippen LogP contribution in [-0.2, 0) is 38.1 Å². The van der Waals surface area contributed by atoms with Crippen LogP contribution in [0.25, 0.3) is 0 Å². The molecule has 0 aromatic carbocycles. The van der Waals surface area contributed by atoms with Crippen LogP contribution in [-0.4, -0.2) is 99.2 Å². The highest BCUT2D eigenvalue weighted by Gasteiger charge is 2.82. The number of fused-ring (bicyclic) bond motifs is 3. The van der Waals surface area contributed by atoms with Gasteiger partial charge in [0.1, 0.15) is 11.7 Å². The van der Waals surface area contributed by atoms with Crippen LogP contribution in [0, 0.1) is 16.7 Å². The number of aliphatic hydroxyl groups excluding tert-OH is 1. The van der Waals surface area contributed by atoms with E-state index in [1.54, 1.807) is 13.8 Å². The van der Waals surface area contributed by atoms with Crippen LogP contribution in [0.3, 0.4) is 0 Å². The minimum atomic E-state index is -2.34. The monoisotopic (exact) mass is 645 g/mol. The van der Waals surface area contributed by atoms with E-state index >= 15 is 0 Å². The molecule has 44 heavy (non-hydrogen) atoms. The second kappa shape index (κ2) is 13.0. The van der Waals surface area contributed by atoms with Crippen LogP contribution in [0.1, 0.15) is 88.5 Å². The van der Waals surface area contributed by atoms with E-state index in [4.69, 9.17) is 18.9 Å². The Hall–Kier alpha value is -2.05. The zero-order valence-corrected chi connectivity index (χ0v) is 28.6. The number of halogens is 1. The van der Waals surface area contributed by atoms with Crippen molar-refractivity contribution in [3.8, 4) is 0 Å². The number of rotatable bonds is 9. The minimum absolute atomic E-state index is 0. The molecule has 0 unspecified atom stereocenters. The molecule has 0 spiro atoms. The number of ether oxygens (including phenoxy) is 4. The highest BCUT2D eigenvalue weighted by atomic mass is 35.5. The summed E-state index contributed by atoms with van der Waals surface area (Å²) in [5, 5.41) is 24.2. The highest BCUT2D eigenvalue weighted by Crippen LogP contribution is 2.67. The average molecular weight is 646 g/mol. The summed E-state index contributed by atoms with van der Waals surface area (Å²) >= 11 is 0. The van der Waals surface area contributed by atoms with Crippen LogP contribution in [0.4, 0.5) is 0 Å². The quantitative estimate of drug-likeness (QED) is 0.216. The molecule has 0 bridgehead atoms. The average Bonchev–Trinajstić information content (AvgIpc) is 2.88. The second-order valence-corrected chi connectivity index (χ2v) is 14.3. The van der Waals surface area contributed by atoms with Gasteiger partial charge in [0, 0.05) is 36.8 Å². The molecule has 2 aliphatic carbocycles. The number of Topliss-reactive ketones (excluding diaryl/α,β-unsaturated/α-hetero) is 1. The van der Waals surface area contributed by atoms with Gasteiger partial charge in [0.2, 0.25) is 0 Å². The summed E-state index contributed by atoms with van der Waals surface area (Å²) in [7, 11) is 0. The van der Waals surface area contributed by atoms with Gasteiger partial charge in [-0.1, -0.05) is 26.8 Å². The third-order valence-electron chi connectivity index (χ3n) is 10.3. The Labute approximate surface area is 267 Å². The van der Waals surface area contributed by atoms with Crippen molar-refractivity contribution in [3.05, 3.63) is 12.7 Å². The van der Waals surface area contributed by atoms with E-state index in [1.165, 1.54) is 19.9 Å². The van der Waals surface area contributed by atoms with Crippen LogP contribution in [0.5, 0.6) is 0 Å². The van der Waals surface area contributed by atoms with E-state index in [0.29, 0.717) is 6.42 Å². The standard InChI is InChI=1S/C32H51NO10.ClH/c1-12-29(9)15-22(36)32(39)30(10)21(35)13-14-28(7,8)26(30)25(27(41-20(6)34)31(32,11)43-29)42-24(38)17-40-23(37)16-33(18(2)3)19(4)5;/h12,18-19,21,25-27,35,39H,1,13-17H2,2-11H3;1H/t21-,25-,26-,27-,29-,30-,31+,32-;/m0./s1. The van der Waals surface area contributed by atoms with Gasteiger partial charge in [-0.15, -0.1) is 19.0 Å². The van der Waals surface area contributed by atoms with Gasteiger partial charge < -0.3 is 29.2 Å². The lowest BCUT2D eigenvalue weighted by Gasteiger charge is -2.71. The lowest BCUT2D eigenvalue weighted by atomic mass is 9.39. The van der Waals surface area contributed by atoms with Crippen molar-refractivity contribution in [3.63, 3.8) is 0 Å². The summed E-state index contributed by atoms with van der Waals surface area (Å²) in [5.74, 6) is -3.73. The SMILES string of the molecule is C=C[C@@]1(C)CC(=O)[C@]2(O)[C@@]3(C)[C@@H](O)CCC(C)(C)[C@@H]3[C@H](OC(=O)COC(=O)CN(C(C)C)C(C)C)[C@H](OC(C)=O)[C@@]2(C)O1.Cl. The molecule has 1 saturated heterocycles.